The molecule has 0 bridgehead atoms. The van der Waals surface area contributed by atoms with Crippen LogP contribution in [-0.4, -0.2) is 35.5 Å². The van der Waals surface area contributed by atoms with Crippen molar-refractivity contribution < 1.29 is 13.5 Å². The lowest BCUT2D eigenvalue weighted by Crippen LogP contribution is -2.35. The molecule has 2 aliphatic carbocycles. The van der Waals surface area contributed by atoms with E-state index in [0.29, 0.717) is 16.6 Å². The minimum Gasteiger partial charge on any atom is -0.390 e. The van der Waals surface area contributed by atoms with Gasteiger partial charge >= 0.3 is 0 Å². The van der Waals surface area contributed by atoms with Crippen LogP contribution in [-0.2, 0) is 16.6 Å². The van der Waals surface area contributed by atoms with Crippen LogP contribution in [0.15, 0.2) is 17.2 Å². The molecule has 2 saturated carbocycles. The van der Waals surface area contributed by atoms with Gasteiger partial charge in [0.2, 0.25) is 10.0 Å². The van der Waals surface area contributed by atoms with Crippen LogP contribution in [0.4, 0.5) is 0 Å². The highest BCUT2D eigenvalue weighted by Crippen LogP contribution is 2.38. The summed E-state index contributed by atoms with van der Waals surface area (Å²) < 4.78 is 28.8. The highest BCUT2D eigenvalue weighted by atomic mass is 32.2. The summed E-state index contributed by atoms with van der Waals surface area (Å²) in [4.78, 5) is 0.322. The van der Waals surface area contributed by atoms with Crippen LogP contribution in [0.1, 0.15) is 50.3 Å². The number of sulfonamides is 1. The first-order valence-electron chi connectivity index (χ1n) is 7.33. The van der Waals surface area contributed by atoms with E-state index in [2.05, 4.69) is 0 Å². The van der Waals surface area contributed by atoms with E-state index in [1.165, 1.54) is 4.31 Å². The van der Waals surface area contributed by atoms with Crippen LogP contribution in [0.25, 0.3) is 0 Å². The molecule has 5 nitrogen and oxygen atoms in total. The van der Waals surface area contributed by atoms with Gasteiger partial charge in [-0.3, -0.25) is 0 Å². The van der Waals surface area contributed by atoms with Crippen LogP contribution in [0.5, 0.6) is 0 Å². The molecule has 0 atom stereocenters. The largest absolute Gasteiger partial charge is 0.390 e. The maximum Gasteiger partial charge on any atom is 0.244 e. The molecule has 0 aromatic carbocycles. The Morgan fingerprint density at radius 1 is 1.30 bits per heavy atom. The summed E-state index contributed by atoms with van der Waals surface area (Å²) in [5, 5.41) is 9.40. The minimum atomic E-state index is -3.44. The smallest absolute Gasteiger partial charge is 0.244 e. The molecule has 6 heteroatoms. The predicted octanol–water partition coefficient (Wildman–Crippen LogP) is 1.88. The van der Waals surface area contributed by atoms with Crippen LogP contribution in [0, 0.1) is 0 Å². The number of hydrogen-bond donors (Lipinski definition) is 1. The average molecular weight is 298 g/mol. The van der Waals surface area contributed by atoms with Gasteiger partial charge in [0.15, 0.2) is 0 Å². The third-order valence-corrected chi connectivity index (χ3v) is 6.40. The summed E-state index contributed by atoms with van der Waals surface area (Å²) in [5.41, 5.74) is 0.700. The van der Waals surface area contributed by atoms with Crippen LogP contribution in [0.3, 0.4) is 0 Å². The highest BCUT2D eigenvalue weighted by Gasteiger charge is 2.33. The molecule has 3 rings (SSSR count). The number of hydrogen-bond acceptors (Lipinski definition) is 3. The molecule has 1 N–H and O–H groups in total. The fourth-order valence-electron chi connectivity index (χ4n) is 3.09. The molecule has 112 valence electrons. The standard InChI is InChI=1S/C14H22N2O3S/c1-15(11-4-2-3-5-11)20(18,19)14-8-13(10-17)16(9-14)12-6-7-12/h8-9,11-12,17H,2-7,10H2,1H3. The molecule has 0 spiro atoms. The summed E-state index contributed by atoms with van der Waals surface area (Å²) in [6.45, 7) is -0.112. The fraction of sp³-hybridized carbons (Fsp3) is 0.714. The zero-order valence-corrected chi connectivity index (χ0v) is 12.6. The Kier molecular flexibility index (Phi) is 3.64. The molecule has 1 aromatic heterocycles. The molecule has 1 heterocycles. The van der Waals surface area contributed by atoms with Gasteiger partial charge in [0.1, 0.15) is 4.90 Å². The molecule has 1 aromatic rings. The molecule has 0 unspecified atom stereocenters. The highest BCUT2D eigenvalue weighted by molar-refractivity contribution is 7.89. The number of aromatic nitrogens is 1. The van der Waals surface area contributed by atoms with Crippen LogP contribution < -0.4 is 0 Å². The first kappa shape index (κ1) is 14.1. The van der Waals surface area contributed by atoms with Crippen molar-refractivity contribution in [2.75, 3.05) is 7.05 Å². The molecule has 0 aliphatic heterocycles. The van der Waals surface area contributed by atoms with Gasteiger partial charge in [-0.2, -0.15) is 4.31 Å². The number of aliphatic hydroxyl groups excluding tert-OH is 1. The van der Waals surface area contributed by atoms with Gasteiger partial charge < -0.3 is 9.67 Å². The maximum absolute atomic E-state index is 12.7. The monoisotopic (exact) mass is 298 g/mol. The van der Waals surface area contributed by atoms with Gasteiger partial charge in [0.05, 0.1) is 6.61 Å². The van der Waals surface area contributed by atoms with E-state index in [1.54, 1.807) is 19.3 Å². The molecule has 2 aliphatic rings. The van der Waals surface area contributed by atoms with E-state index in [4.69, 9.17) is 0 Å². The van der Waals surface area contributed by atoms with Crippen molar-refractivity contribution in [3.63, 3.8) is 0 Å². The third kappa shape index (κ3) is 2.40. The molecule has 0 amide bonds. The van der Waals surface area contributed by atoms with E-state index < -0.39 is 10.0 Å². The molecule has 2 fully saturated rings. The zero-order valence-electron chi connectivity index (χ0n) is 11.8. The minimum absolute atomic E-state index is 0.112. The number of nitrogens with zero attached hydrogens (tertiary/aromatic N) is 2. The van der Waals surface area contributed by atoms with Crippen molar-refractivity contribution >= 4 is 10.0 Å². The summed E-state index contributed by atoms with van der Waals surface area (Å²) in [6, 6.07) is 2.12. The number of aliphatic hydroxyl groups is 1. The van der Waals surface area contributed by atoms with Crippen molar-refractivity contribution in [3.8, 4) is 0 Å². The zero-order chi connectivity index (χ0) is 14.3. The predicted molar refractivity (Wildman–Crippen MR) is 75.8 cm³/mol. The van der Waals surface area contributed by atoms with Crippen molar-refractivity contribution in [3.05, 3.63) is 18.0 Å². The van der Waals surface area contributed by atoms with E-state index in [0.717, 1.165) is 38.5 Å². The van der Waals surface area contributed by atoms with E-state index in [-0.39, 0.29) is 12.6 Å². The van der Waals surface area contributed by atoms with E-state index in [1.807, 2.05) is 4.57 Å². The Morgan fingerprint density at radius 2 is 1.95 bits per heavy atom. The Hall–Kier alpha value is -0.850. The molecule has 0 saturated heterocycles. The summed E-state index contributed by atoms with van der Waals surface area (Å²) in [7, 11) is -1.76. The quantitative estimate of drug-likeness (QED) is 0.903. The van der Waals surface area contributed by atoms with Gasteiger partial charge in [-0.1, -0.05) is 12.8 Å². The van der Waals surface area contributed by atoms with Gasteiger partial charge in [0.25, 0.3) is 0 Å². The SMILES string of the molecule is CN(C1CCCC1)S(=O)(=O)c1cc(CO)n(C2CC2)c1. The molecular weight excluding hydrogens is 276 g/mol. The van der Waals surface area contributed by atoms with Crippen molar-refractivity contribution in [1.82, 2.24) is 8.87 Å². The van der Waals surface area contributed by atoms with Crippen LogP contribution >= 0.6 is 0 Å². The summed E-state index contributed by atoms with van der Waals surface area (Å²) >= 11 is 0. The first-order chi connectivity index (χ1) is 9.54. The van der Waals surface area contributed by atoms with Gasteiger partial charge in [0, 0.05) is 31.0 Å². The second-order valence-corrected chi connectivity index (χ2v) is 7.92. The van der Waals surface area contributed by atoms with Crippen LogP contribution in [0.2, 0.25) is 0 Å². The van der Waals surface area contributed by atoms with E-state index >= 15 is 0 Å². The van der Waals surface area contributed by atoms with Crippen molar-refractivity contribution in [1.29, 1.82) is 0 Å². The molecule has 0 radical (unpaired) electrons. The normalized spacial score (nSPS) is 20.9. The Morgan fingerprint density at radius 3 is 2.50 bits per heavy atom. The lowest BCUT2D eigenvalue weighted by atomic mass is 10.3. The lowest BCUT2D eigenvalue weighted by Gasteiger charge is -2.22. The van der Waals surface area contributed by atoms with E-state index in [9.17, 15) is 13.5 Å². The third-order valence-electron chi connectivity index (χ3n) is 4.53. The topological polar surface area (TPSA) is 62.5 Å². The summed E-state index contributed by atoms with van der Waals surface area (Å²) in [5.74, 6) is 0. The molecule has 20 heavy (non-hydrogen) atoms. The maximum atomic E-state index is 12.7. The Bertz CT molecular complexity index is 584. The number of rotatable bonds is 5. The van der Waals surface area contributed by atoms with Crippen molar-refractivity contribution in [2.24, 2.45) is 0 Å². The Balaban J connectivity index is 1.90. The van der Waals surface area contributed by atoms with Gasteiger partial charge in [-0.15, -0.1) is 0 Å². The lowest BCUT2D eigenvalue weighted by molar-refractivity contribution is 0.270. The summed E-state index contributed by atoms with van der Waals surface area (Å²) in [6.07, 6.45) is 7.95. The second-order valence-electron chi connectivity index (χ2n) is 5.92. The first-order valence-corrected chi connectivity index (χ1v) is 8.77. The molecular formula is C14H22N2O3S. The van der Waals surface area contributed by atoms with Gasteiger partial charge in [-0.05, 0) is 31.7 Å². The van der Waals surface area contributed by atoms with Crippen molar-refractivity contribution in [2.45, 2.75) is 62.1 Å². The Labute approximate surface area is 120 Å². The van der Waals surface area contributed by atoms with Gasteiger partial charge in [-0.25, -0.2) is 8.42 Å². The second kappa shape index (κ2) is 5.16. The average Bonchev–Trinajstić information content (AvgIpc) is 2.97. The fourth-order valence-corrected chi connectivity index (χ4v) is 4.55.